The summed E-state index contributed by atoms with van der Waals surface area (Å²) in [5.74, 6) is 1.89. The van der Waals surface area contributed by atoms with Crippen LogP contribution in [0.1, 0.15) is 36.1 Å². The van der Waals surface area contributed by atoms with Gasteiger partial charge >= 0.3 is 0 Å². The molecule has 0 aliphatic carbocycles. The second kappa shape index (κ2) is 14.0. The average Bonchev–Trinajstić information content (AvgIpc) is 3.21. The maximum atomic E-state index is 5.12. The minimum Gasteiger partial charge on any atom is -0.256 e. The summed E-state index contributed by atoms with van der Waals surface area (Å²) in [6.45, 7) is 8.62. The third-order valence-corrected chi connectivity index (χ3v) is 9.82. The first kappa shape index (κ1) is 32.7. The van der Waals surface area contributed by atoms with Crippen molar-refractivity contribution >= 4 is 33.8 Å². The van der Waals surface area contributed by atoms with Crippen LogP contribution in [0.2, 0.25) is 0 Å². The zero-order valence-corrected chi connectivity index (χ0v) is 29.8. The molecule has 2 aromatic heterocycles. The number of hydrogen-bond acceptors (Lipinski definition) is 4. The molecule has 0 saturated carbocycles. The molecule has 0 amide bonds. The number of rotatable bonds is 7. The van der Waals surface area contributed by atoms with Crippen molar-refractivity contribution in [2.24, 2.45) is 0 Å². The average molecular weight is 671 g/mol. The highest BCUT2D eigenvalue weighted by Gasteiger charge is 2.17. The zero-order chi connectivity index (χ0) is 35.6. The molecule has 8 aromatic rings. The van der Waals surface area contributed by atoms with E-state index in [4.69, 9.17) is 15.0 Å². The van der Waals surface area contributed by atoms with Crippen molar-refractivity contribution in [3.05, 3.63) is 168 Å². The first-order valence-corrected chi connectivity index (χ1v) is 17.7. The van der Waals surface area contributed by atoms with Crippen molar-refractivity contribution in [1.29, 1.82) is 0 Å². The Morgan fingerprint density at radius 3 is 1.60 bits per heavy atom. The largest absolute Gasteiger partial charge is 0.256 e. The summed E-state index contributed by atoms with van der Waals surface area (Å²) in [7, 11) is 0. The van der Waals surface area contributed by atoms with Crippen LogP contribution in [0.5, 0.6) is 0 Å². The van der Waals surface area contributed by atoms with E-state index in [2.05, 4.69) is 118 Å². The third kappa shape index (κ3) is 6.09. The van der Waals surface area contributed by atoms with E-state index >= 15 is 0 Å². The van der Waals surface area contributed by atoms with Gasteiger partial charge in [0.15, 0.2) is 17.5 Å². The van der Waals surface area contributed by atoms with Crippen LogP contribution < -0.4 is 0 Å². The lowest BCUT2D eigenvalue weighted by Crippen LogP contribution is -2.00. The Kier molecular flexibility index (Phi) is 8.80. The monoisotopic (exact) mass is 670 g/mol. The van der Waals surface area contributed by atoms with Gasteiger partial charge in [-0.2, -0.15) is 0 Å². The van der Waals surface area contributed by atoms with E-state index < -0.39 is 0 Å². The summed E-state index contributed by atoms with van der Waals surface area (Å²) in [5, 5.41) is 3.56. The van der Waals surface area contributed by atoms with Crippen LogP contribution in [-0.2, 0) is 0 Å². The standard InChI is InChI=1S/C48H38N4/c1-5-15-39-31(3)32(4)40(16-6-2)44-30-35(23-24-42(39)44)36-27-37(41-25-26-49-45-22-14-13-21-43(41)45)29-38(28-36)48-51-46(33-17-9-7-10-18-33)50-47(52-48)34-19-11-8-12-20-34/h5-30H,1-4H3/b15-5-,16-6-. The van der Waals surface area contributed by atoms with E-state index in [0.29, 0.717) is 17.5 Å². The van der Waals surface area contributed by atoms with E-state index in [1.807, 2.05) is 72.9 Å². The van der Waals surface area contributed by atoms with E-state index in [0.717, 1.165) is 49.8 Å². The predicted octanol–water partition coefficient (Wildman–Crippen LogP) is 12.6. The van der Waals surface area contributed by atoms with Crippen LogP contribution in [0.15, 0.2) is 146 Å². The molecule has 8 rings (SSSR count). The molecular formula is C48H38N4. The Bertz CT molecular complexity index is 2590. The van der Waals surface area contributed by atoms with Crippen molar-refractivity contribution in [2.45, 2.75) is 27.7 Å². The van der Waals surface area contributed by atoms with Crippen LogP contribution in [0.25, 0.3) is 90.2 Å². The number of aromatic nitrogens is 4. The molecule has 4 heteroatoms. The molecule has 2 heterocycles. The molecule has 0 N–H and O–H groups in total. The molecule has 0 bridgehead atoms. The lowest BCUT2D eigenvalue weighted by atomic mass is 9.87. The van der Waals surface area contributed by atoms with Crippen molar-refractivity contribution in [3.63, 3.8) is 0 Å². The second-order valence-corrected chi connectivity index (χ2v) is 13.1. The summed E-state index contributed by atoms with van der Waals surface area (Å²) < 4.78 is 0. The van der Waals surface area contributed by atoms with E-state index in [1.54, 1.807) is 0 Å². The Morgan fingerprint density at radius 1 is 0.423 bits per heavy atom. The molecule has 0 aliphatic rings. The van der Waals surface area contributed by atoms with Crippen molar-refractivity contribution in [3.8, 4) is 56.4 Å². The van der Waals surface area contributed by atoms with Crippen LogP contribution >= 0.6 is 0 Å². The molecule has 0 fully saturated rings. The first-order chi connectivity index (χ1) is 25.5. The topological polar surface area (TPSA) is 51.6 Å². The molecule has 250 valence electrons. The van der Waals surface area contributed by atoms with Gasteiger partial charge in [-0.3, -0.25) is 4.98 Å². The maximum absolute atomic E-state index is 5.12. The number of fused-ring (bicyclic) bond motifs is 2. The van der Waals surface area contributed by atoms with Gasteiger partial charge in [0.05, 0.1) is 5.52 Å². The SMILES string of the molecule is C/C=C\c1c(C)c(C)c(/C=C\C)c2cc(-c3cc(-c4nc(-c5ccccc5)nc(-c5ccccc5)n4)cc(-c4ccnc5ccccc45)c3)ccc12. The van der Waals surface area contributed by atoms with Crippen LogP contribution in [-0.4, -0.2) is 19.9 Å². The van der Waals surface area contributed by atoms with Gasteiger partial charge in [-0.25, -0.2) is 15.0 Å². The minimum absolute atomic E-state index is 0.617. The second-order valence-electron chi connectivity index (χ2n) is 13.1. The Hall–Kier alpha value is -6.52. The summed E-state index contributed by atoms with van der Waals surface area (Å²) in [6.07, 6.45) is 10.6. The Balaban J connectivity index is 1.41. The number of para-hydroxylation sites is 1. The molecule has 0 saturated heterocycles. The van der Waals surface area contributed by atoms with Crippen molar-refractivity contribution in [2.75, 3.05) is 0 Å². The number of hydrogen-bond donors (Lipinski definition) is 0. The van der Waals surface area contributed by atoms with Gasteiger partial charge in [0.25, 0.3) is 0 Å². The van der Waals surface area contributed by atoms with E-state index in [9.17, 15) is 0 Å². The van der Waals surface area contributed by atoms with Gasteiger partial charge < -0.3 is 0 Å². The van der Waals surface area contributed by atoms with E-state index in [1.165, 1.54) is 33.0 Å². The summed E-state index contributed by atoms with van der Waals surface area (Å²) in [4.78, 5) is 19.9. The molecular weight excluding hydrogens is 633 g/mol. The van der Waals surface area contributed by atoms with Gasteiger partial charge in [-0.05, 0) is 119 Å². The van der Waals surface area contributed by atoms with Crippen molar-refractivity contribution < 1.29 is 0 Å². The third-order valence-electron chi connectivity index (χ3n) is 9.82. The molecule has 6 aromatic carbocycles. The van der Waals surface area contributed by atoms with Crippen LogP contribution in [0.4, 0.5) is 0 Å². The molecule has 4 nitrogen and oxygen atoms in total. The predicted molar refractivity (Wildman–Crippen MR) is 219 cm³/mol. The smallest absolute Gasteiger partial charge is 0.164 e. The highest BCUT2D eigenvalue weighted by atomic mass is 15.0. The normalized spacial score (nSPS) is 11.7. The number of benzene rings is 6. The zero-order valence-electron chi connectivity index (χ0n) is 29.8. The van der Waals surface area contributed by atoms with Gasteiger partial charge in [-0.15, -0.1) is 0 Å². The molecule has 0 aliphatic heterocycles. The summed E-state index contributed by atoms with van der Waals surface area (Å²) in [5.41, 5.74) is 13.2. The fourth-order valence-corrected chi connectivity index (χ4v) is 7.12. The molecule has 0 atom stereocenters. The highest BCUT2D eigenvalue weighted by Crippen LogP contribution is 2.39. The van der Waals surface area contributed by atoms with Crippen LogP contribution in [0.3, 0.4) is 0 Å². The highest BCUT2D eigenvalue weighted by molar-refractivity contribution is 6.02. The minimum atomic E-state index is 0.617. The molecule has 52 heavy (non-hydrogen) atoms. The van der Waals surface area contributed by atoms with Gasteiger partial charge in [0, 0.05) is 28.3 Å². The van der Waals surface area contributed by atoms with Crippen LogP contribution in [0, 0.1) is 13.8 Å². The number of allylic oxidation sites excluding steroid dienone is 2. The molecule has 0 spiro atoms. The summed E-state index contributed by atoms with van der Waals surface area (Å²) in [6, 6.07) is 44.2. The first-order valence-electron chi connectivity index (χ1n) is 17.7. The fraction of sp³-hybridized carbons (Fsp3) is 0.0833. The Labute approximate surface area is 304 Å². The lowest BCUT2D eigenvalue weighted by molar-refractivity contribution is 1.07. The Morgan fingerprint density at radius 2 is 0.962 bits per heavy atom. The lowest BCUT2D eigenvalue weighted by Gasteiger charge is -2.17. The van der Waals surface area contributed by atoms with Gasteiger partial charge in [-0.1, -0.05) is 115 Å². The van der Waals surface area contributed by atoms with Gasteiger partial charge in [0.2, 0.25) is 0 Å². The van der Waals surface area contributed by atoms with Gasteiger partial charge in [0.1, 0.15) is 0 Å². The maximum Gasteiger partial charge on any atom is 0.164 e. The molecule has 0 unspecified atom stereocenters. The summed E-state index contributed by atoms with van der Waals surface area (Å²) >= 11 is 0. The van der Waals surface area contributed by atoms with E-state index in [-0.39, 0.29) is 0 Å². The number of nitrogens with zero attached hydrogens (tertiary/aromatic N) is 4. The number of pyridine rings is 1. The fourth-order valence-electron chi connectivity index (χ4n) is 7.12. The van der Waals surface area contributed by atoms with Crippen molar-refractivity contribution in [1.82, 2.24) is 19.9 Å². The molecule has 0 radical (unpaired) electrons. The quantitative estimate of drug-likeness (QED) is 0.169.